The van der Waals surface area contributed by atoms with Crippen LogP contribution in [0.1, 0.15) is 25.0 Å². The number of thioether (sulfide) groups is 1. The monoisotopic (exact) mass is 405 g/mol. The second kappa shape index (κ2) is 9.49. The average molecular weight is 406 g/mol. The second-order valence-corrected chi connectivity index (χ2v) is 7.16. The molecule has 126 valence electrons. The Morgan fingerprint density at radius 2 is 2.00 bits per heavy atom. The Bertz CT molecular complexity index is 717. The van der Waals surface area contributed by atoms with E-state index in [4.69, 9.17) is 10.5 Å². The maximum absolute atomic E-state index is 5.86. The summed E-state index contributed by atoms with van der Waals surface area (Å²) in [5.74, 6) is 1.59. The van der Waals surface area contributed by atoms with Gasteiger partial charge in [-0.25, -0.2) is 0 Å². The molecule has 4 nitrogen and oxygen atoms in total. The number of hydrogen-bond donors (Lipinski definition) is 1. The van der Waals surface area contributed by atoms with Crippen LogP contribution in [-0.4, -0.2) is 17.5 Å². The molecule has 2 aromatic carbocycles. The Morgan fingerprint density at radius 1 is 1.25 bits per heavy atom. The number of ether oxygens (including phenoxy) is 1. The van der Waals surface area contributed by atoms with Crippen molar-refractivity contribution in [2.75, 3.05) is 0 Å². The fourth-order valence-corrected chi connectivity index (χ4v) is 2.96. The average Bonchev–Trinajstić information content (AvgIpc) is 2.56. The van der Waals surface area contributed by atoms with E-state index in [-0.39, 0.29) is 6.10 Å². The molecular weight excluding hydrogens is 386 g/mol. The van der Waals surface area contributed by atoms with Gasteiger partial charge in [-0.2, -0.15) is 5.10 Å². The largest absolute Gasteiger partial charge is 0.490 e. The molecule has 0 saturated heterocycles. The highest BCUT2D eigenvalue weighted by atomic mass is 79.9. The van der Waals surface area contributed by atoms with Crippen LogP contribution in [0, 0.1) is 0 Å². The van der Waals surface area contributed by atoms with Gasteiger partial charge in [0, 0.05) is 5.75 Å². The minimum Gasteiger partial charge on any atom is -0.490 e. The van der Waals surface area contributed by atoms with Crippen molar-refractivity contribution < 1.29 is 4.74 Å². The Kier molecular flexibility index (Phi) is 7.34. The summed E-state index contributed by atoms with van der Waals surface area (Å²) in [6, 6.07) is 15.9. The zero-order valence-electron chi connectivity index (χ0n) is 13.6. The van der Waals surface area contributed by atoms with Gasteiger partial charge in [0.15, 0.2) is 5.17 Å². The number of amidine groups is 1. The summed E-state index contributed by atoms with van der Waals surface area (Å²) in [6.07, 6.45) is 1.80. The van der Waals surface area contributed by atoms with Crippen LogP contribution >= 0.6 is 27.7 Å². The van der Waals surface area contributed by atoms with Gasteiger partial charge >= 0.3 is 0 Å². The van der Waals surface area contributed by atoms with Crippen molar-refractivity contribution in [3.8, 4) is 5.75 Å². The highest BCUT2D eigenvalue weighted by Crippen LogP contribution is 2.26. The number of nitrogens with zero attached hydrogens (tertiary/aromatic N) is 2. The van der Waals surface area contributed by atoms with E-state index in [0.29, 0.717) is 5.17 Å². The first kappa shape index (κ1) is 18.5. The van der Waals surface area contributed by atoms with Gasteiger partial charge in [0.1, 0.15) is 5.75 Å². The van der Waals surface area contributed by atoms with E-state index in [0.717, 1.165) is 21.5 Å². The van der Waals surface area contributed by atoms with Crippen LogP contribution in [0.15, 0.2) is 63.2 Å². The van der Waals surface area contributed by atoms with E-state index >= 15 is 0 Å². The van der Waals surface area contributed by atoms with Crippen molar-refractivity contribution in [2.24, 2.45) is 15.9 Å². The quantitative estimate of drug-likeness (QED) is 0.425. The summed E-state index contributed by atoms with van der Waals surface area (Å²) in [5.41, 5.74) is 7.99. The van der Waals surface area contributed by atoms with E-state index in [1.165, 1.54) is 17.3 Å². The normalized spacial score (nSPS) is 12.1. The lowest BCUT2D eigenvalue weighted by atomic mass is 10.2. The van der Waals surface area contributed by atoms with Crippen LogP contribution in [0.5, 0.6) is 5.75 Å². The number of halogens is 1. The molecule has 0 spiro atoms. The lowest BCUT2D eigenvalue weighted by Gasteiger charge is -2.11. The first-order valence-corrected chi connectivity index (χ1v) is 9.32. The molecule has 2 rings (SSSR count). The molecule has 0 unspecified atom stereocenters. The maximum atomic E-state index is 5.86. The number of benzene rings is 2. The van der Waals surface area contributed by atoms with Gasteiger partial charge in [-0.15, -0.1) is 5.10 Å². The molecule has 0 bridgehead atoms. The maximum Gasteiger partial charge on any atom is 0.180 e. The smallest absolute Gasteiger partial charge is 0.180 e. The fourth-order valence-electron chi connectivity index (χ4n) is 1.86. The van der Waals surface area contributed by atoms with Gasteiger partial charge in [0.25, 0.3) is 0 Å². The third-order valence-corrected chi connectivity index (χ3v) is 4.39. The Labute approximate surface area is 155 Å². The predicted molar refractivity (Wildman–Crippen MR) is 107 cm³/mol. The zero-order valence-corrected chi connectivity index (χ0v) is 16.0. The zero-order chi connectivity index (χ0) is 17.4. The molecule has 0 aliphatic carbocycles. The molecule has 0 aliphatic heterocycles. The number of hydrogen-bond acceptors (Lipinski definition) is 4. The van der Waals surface area contributed by atoms with Gasteiger partial charge in [0.05, 0.1) is 16.8 Å². The molecule has 0 aromatic heterocycles. The van der Waals surface area contributed by atoms with Crippen LogP contribution in [0.25, 0.3) is 0 Å². The summed E-state index contributed by atoms with van der Waals surface area (Å²) >= 11 is 4.96. The standard InChI is InChI=1S/C18H20BrN3OS/c1-13(2)23-17-9-8-15(10-16(17)19)11-21-22-18(20)24-12-14-6-4-3-5-7-14/h3-11,13H,12H2,1-2H3,(H2,20,22). The van der Waals surface area contributed by atoms with Crippen LogP contribution < -0.4 is 10.5 Å². The molecule has 24 heavy (non-hydrogen) atoms. The lowest BCUT2D eigenvalue weighted by molar-refractivity contribution is 0.241. The van der Waals surface area contributed by atoms with E-state index < -0.39 is 0 Å². The molecule has 6 heteroatoms. The van der Waals surface area contributed by atoms with Crippen LogP contribution in [0.4, 0.5) is 0 Å². The van der Waals surface area contributed by atoms with Gasteiger partial charge in [0.2, 0.25) is 0 Å². The molecule has 2 aromatic rings. The molecule has 2 N–H and O–H groups in total. The number of rotatable bonds is 6. The third kappa shape index (κ3) is 6.37. The molecule has 0 heterocycles. The topological polar surface area (TPSA) is 60.0 Å². The Balaban J connectivity index is 1.91. The second-order valence-electron chi connectivity index (χ2n) is 5.31. The molecule has 0 fully saturated rings. The van der Waals surface area contributed by atoms with Gasteiger partial charge in [-0.05, 0) is 59.1 Å². The van der Waals surface area contributed by atoms with E-state index in [1.807, 2.05) is 50.2 Å². The van der Waals surface area contributed by atoms with E-state index in [9.17, 15) is 0 Å². The summed E-state index contributed by atoms with van der Waals surface area (Å²) in [7, 11) is 0. The van der Waals surface area contributed by atoms with Crippen LogP contribution in [-0.2, 0) is 5.75 Å². The third-order valence-electron chi connectivity index (χ3n) is 2.91. The molecule has 0 radical (unpaired) electrons. The van der Waals surface area contributed by atoms with E-state index in [2.05, 4.69) is 38.3 Å². The van der Waals surface area contributed by atoms with Crippen molar-refractivity contribution in [3.63, 3.8) is 0 Å². The lowest BCUT2D eigenvalue weighted by Crippen LogP contribution is -2.06. The van der Waals surface area contributed by atoms with Crippen molar-refractivity contribution in [1.82, 2.24) is 0 Å². The Hall–Kier alpha value is -1.79. The van der Waals surface area contributed by atoms with Gasteiger partial charge < -0.3 is 10.5 Å². The minimum atomic E-state index is 0.131. The SMILES string of the molecule is CC(C)Oc1ccc(C=NN=C(N)SCc2ccccc2)cc1Br. The molecule has 0 aliphatic rings. The van der Waals surface area contributed by atoms with Crippen LogP contribution in [0.2, 0.25) is 0 Å². The summed E-state index contributed by atoms with van der Waals surface area (Å²) in [6.45, 7) is 3.98. The molecule has 0 amide bonds. The first-order chi connectivity index (χ1) is 11.5. The highest BCUT2D eigenvalue weighted by molar-refractivity contribution is 9.10. The van der Waals surface area contributed by atoms with E-state index in [1.54, 1.807) is 6.21 Å². The predicted octanol–water partition coefficient (Wildman–Crippen LogP) is 4.82. The highest BCUT2D eigenvalue weighted by Gasteiger charge is 2.03. The summed E-state index contributed by atoms with van der Waals surface area (Å²) in [5, 5.41) is 8.50. The molecular formula is C18H20BrN3OS. The molecule has 0 saturated carbocycles. The first-order valence-electron chi connectivity index (χ1n) is 7.54. The summed E-state index contributed by atoms with van der Waals surface area (Å²) in [4.78, 5) is 0. The Morgan fingerprint density at radius 3 is 2.67 bits per heavy atom. The molecule has 0 atom stereocenters. The number of nitrogens with two attached hydrogens (primary N) is 1. The summed E-state index contributed by atoms with van der Waals surface area (Å²) < 4.78 is 6.56. The van der Waals surface area contributed by atoms with Crippen molar-refractivity contribution in [1.29, 1.82) is 0 Å². The van der Waals surface area contributed by atoms with Crippen LogP contribution in [0.3, 0.4) is 0 Å². The van der Waals surface area contributed by atoms with Crippen molar-refractivity contribution >= 4 is 39.1 Å². The van der Waals surface area contributed by atoms with Crippen molar-refractivity contribution in [2.45, 2.75) is 25.7 Å². The van der Waals surface area contributed by atoms with Gasteiger partial charge in [-0.3, -0.25) is 0 Å². The fraction of sp³-hybridized carbons (Fsp3) is 0.222. The van der Waals surface area contributed by atoms with Crippen molar-refractivity contribution in [3.05, 3.63) is 64.1 Å². The van der Waals surface area contributed by atoms with Gasteiger partial charge in [-0.1, -0.05) is 42.1 Å². The minimum absolute atomic E-state index is 0.131.